The molecule has 0 amide bonds. The van der Waals surface area contributed by atoms with Crippen molar-refractivity contribution in [1.29, 1.82) is 0 Å². The van der Waals surface area contributed by atoms with Gasteiger partial charge in [-0.3, -0.25) is 0 Å². The predicted molar refractivity (Wildman–Crippen MR) is 80.2 cm³/mol. The summed E-state index contributed by atoms with van der Waals surface area (Å²) in [6, 6.07) is 5.88. The van der Waals surface area contributed by atoms with Gasteiger partial charge in [-0.15, -0.1) is 13.2 Å². The maximum absolute atomic E-state index is 12.9. The number of benzene rings is 1. The number of nitrogens with zero attached hydrogens (tertiary/aromatic N) is 3. The average molecular weight is 378 g/mol. The van der Waals surface area contributed by atoms with Crippen molar-refractivity contribution in [1.82, 2.24) is 9.78 Å². The van der Waals surface area contributed by atoms with Crippen molar-refractivity contribution in [2.45, 2.75) is 19.5 Å². The molecule has 0 unspecified atom stereocenters. The summed E-state index contributed by atoms with van der Waals surface area (Å²) in [7, 11) is 0. The quantitative estimate of drug-likeness (QED) is 0.505. The Bertz CT molecular complexity index is 898. The second-order valence-electron chi connectivity index (χ2n) is 5.09. The van der Waals surface area contributed by atoms with Gasteiger partial charge in [-0.05, 0) is 42.8 Å². The molecule has 2 rings (SSSR count). The lowest BCUT2D eigenvalue weighted by Crippen LogP contribution is -2.30. The molecule has 0 fully saturated rings. The minimum atomic E-state index is -4.86. The van der Waals surface area contributed by atoms with Gasteiger partial charge in [-0.1, -0.05) is 6.58 Å². The van der Waals surface area contributed by atoms with Crippen LogP contribution < -0.4 is 16.1 Å². The first kappa shape index (κ1) is 19.3. The van der Waals surface area contributed by atoms with E-state index in [1.54, 1.807) is 0 Å². The molecule has 5 nitrogen and oxygen atoms in total. The number of allylic oxidation sites excluding steroid dienone is 1. The Labute approximate surface area is 143 Å². The van der Waals surface area contributed by atoms with Crippen molar-refractivity contribution >= 4 is 5.70 Å². The molecule has 0 saturated carbocycles. The largest absolute Gasteiger partial charge is 0.573 e. The highest BCUT2D eigenvalue weighted by atomic mass is 19.4. The molecule has 0 aliphatic rings. The Morgan fingerprint density at radius 1 is 1.15 bits per heavy atom. The molecule has 1 aromatic carbocycles. The lowest BCUT2D eigenvalue weighted by Gasteiger charge is -2.15. The first-order valence-electron chi connectivity index (χ1n) is 6.90. The number of halogens is 6. The van der Waals surface area contributed by atoms with Crippen LogP contribution in [0.1, 0.15) is 5.56 Å². The fraction of sp³-hybridized carbons (Fsp3) is 0.200. The number of aryl methyl sites for hydroxylation is 1. The Kier molecular flexibility index (Phi) is 5.01. The molecule has 2 aromatic rings. The SMILES string of the molecule is C=C(n1nc(-c2ccc(OC(F)(F)F)cc2C)cc/c1=N/N)C(F)(F)F. The number of hydrogen-bond donors (Lipinski definition) is 1. The number of rotatable bonds is 3. The summed E-state index contributed by atoms with van der Waals surface area (Å²) in [5.41, 5.74) is -0.962. The molecule has 0 radical (unpaired) electrons. The zero-order valence-corrected chi connectivity index (χ0v) is 13.2. The molecule has 0 saturated heterocycles. The summed E-state index contributed by atoms with van der Waals surface area (Å²) in [5.74, 6) is 4.60. The molecule has 0 aliphatic heterocycles. The lowest BCUT2D eigenvalue weighted by molar-refractivity contribution is -0.274. The fourth-order valence-corrected chi connectivity index (χ4v) is 2.10. The van der Waals surface area contributed by atoms with Crippen LogP contribution in [0.15, 0.2) is 42.0 Å². The van der Waals surface area contributed by atoms with E-state index in [4.69, 9.17) is 5.84 Å². The number of hydrogen-bond acceptors (Lipinski definition) is 4. The highest BCUT2D eigenvalue weighted by Crippen LogP contribution is 2.30. The zero-order valence-electron chi connectivity index (χ0n) is 13.2. The monoisotopic (exact) mass is 378 g/mol. The fourth-order valence-electron chi connectivity index (χ4n) is 2.10. The maximum atomic E-state index is 12.9. The normalized spacial score (nSPS) is 13.0. The molecule has 140 valence electrons. The van der Waals surface area contributed by atoms with Crippen LogP contribution >= 0.6 is 0 Å². The molecule has 0 spiro atoms. The van der Waals surface area contributed by atoms with Crippen LogP contribution in [0.4, 0.5) is 26.3 Å². The molecular weight excluding hydrogens is 366 g/mol. The van der Waals surface area contributed by atoms with E-state index in [1.165, 1.54) is 25.1 Å². The number of nitrogens with two attached hydrogens (primary N) is 1. The molecule has 0 atom stereocenters. The van der Waals surface area contributed by atoms with Crippen molar-refractivity contribution in [3.63, 3.8) is 0 Å². The summed E-state index contributed by atoms with van der Waals surface area (Å²) < 4.78 is 79.7. The average Bonchev–Trinajstić information content (AvgIpc) is 2.51. The molecular formula is C15H12F6N4O. The molecule has 1 aromatic heterocycles. The van der Waals surface area contributed by atoms with Gasteiger partial charge in [0, 0.05) is 5.56 Å². The Balaban J connectivity index is 2.52. The first-order chi connectivity index (χ1) is 11.9. The van der Waals surface area contributed by atoms with Gasteiger partial charge in [-0.2, -0.15) is 23.4 Å². The second kappa shape index (κ2) is 6.73. The molecule has 1 heterocycles. The molecule has 26 heavy (non-hydrogen) atoms. The van der Waals surface area contributed by atoms with Crippen LogP contribution in [-0.4, -0.2) is 22.3 Å². The first-order valence-corrected chi connectivity index (χ1v) is 6.90. The van der Waals surface area contributed by atoms with Crippen LogP contribution in [0.5, 0.6) is 5.75 Å². The standard InChI is InChI=1S/C15H12F6N4O/c1-8-7-10(26-15(19,20)21)3-4-11(8)12-5-6-13(23-22)25(24-12)9(2)14(16,17)18/h3-7H,2,22H2,1H3/b23-13-. The van der Waals surface area contributed by atoms with Gasteiger partial charge in [0.2, 0.25) is 0 Å². The summed E-state index contributed by atoms with van der Waals surface area (Å²) in [4.78, 5) is 0. The molecule has 0 bridgehead atoms. The smallest absolute Gasteiger partial charge is 0.406 e. The van der Waals surface area contributed by atoms with Crippen LogP contribution in [0, 0.1) is 6.92 Å². The Hall–Kier alpha value is -2.98. The molecule has 0 aliphatic carbocycles. The van der Waals surface area contributed by atoms with Gasteiger partial charge in [0.05, 0.1) is 5.69 Å². The third kappa shape index (κ3) is 4.35. The van der Waals surface area contributed by atoms with Gasteiger partial charge in [0.15, 0.2) is 5.49 Å². The van der Waals surface area contributed by atoms with E-state index < -0.39 is 24.0 Å². The minimum Gasteiger partial charge on any atom is -0.406 e. The summed E-state index contributed by atoms with van der Waals surface area (Å²) in [6.07, 6.45) is -9.64. The Morgan fingerprint density at radius 2 is 1.81 bits per heavy atom. The van der Waals surface area contributed by atoms with E-state index in [1.807, 2.05) is 0 Å². The summed E-state index contributed by atoms with van der Waals surface area (Å²) in [6.45, 7) is 4.39. The lowest BCUT2D eigenvalue weighted by atomic mass is 10.1. The van der Waals surface area contributed by atoms with Crippen molar-refractivity contribution in [3.8, 4) is 17.0 Å². The van der Waals surface area contributed by atoms with Crippen LogP contribution in [0.2, 0.25) is 0 Å². The number of aromatic nitrogens is 2. The maximum Gasteiger partial charge on any atom is 0.573 e. The van der Waals surface area contributed by atoms with E-state index in [0.29, 0.717) is 15.8 Å². The van der Waals surface area contributed by atoms with E-state index in [2.05, 4.69) is 21.5 Å². The predicted octanol–water partition coefficient (Wildman–Crippen LogP) is 3.56. The van der Waals surface area contributed by atoms with E-state index in [0.717, 1.165) is 12.1 Å². The van der Waals surface area contributed by atoms with Crippen molar-refractivity contribution in [3.05, 3.63) is 48.0 Å². The van der Waals surface area contributed by atoms with Crippen molar-refractivity contribution in [2.75, 3.05) is 0 Å². The minimum absolute atomic E-state index is 0.0545. The van der Waals surface area contributed by atoms with Gasteiger partial charge < -0.3 is 10.6 Å². The Morgan fingerprint density at radius 3 is 2.31 bits per heavy atom. The molecule has 11 heteroatoms. The highest BCUT2D eigenvalue weighted by molar-refractivity contribution is 5.64. The van der Waals surface area contributed by atoms with Gasteiger partial charge in [-0.25, -0.2) is 4.68 Å². The van der Waals surface area contributed by atoms with Crippen LogP contribution in [-0.2, 0) is 0 Å². The van der Waals surface area contributed by atoms with Gasteiger partial charge in [0.25, 0.3) is 0 Å². The summed E-state index contributed by atoms with van der Waals surface area (Å²) >= 11 is 0. The van der Waals surface area contributed by atoms with Gasteiger partial charge >= 0.3 is 12.5 Å². The summed E-state index contributed by atoms with van der Waals surface area (Å²) in [5, 5.41) is 7.02. The van der Waals surface area contributed by atoms with Gasteiger partial charge in [0.1, 0.15) is 11.4 Å². The third-order valence-electron chi connectivity index (χ3n) is 3.24. The van der Waals surface area contributed by atoms with E-state index >= 15 is 0 Å². The van der Waals surface area contributed by atoms with Crippen molar-refractivity contribution in [2.24, 2.45) is 10.9 Å². The van der Waals surface area contributed by atoms with Crippen LogP contribution in [0.3, 0.4) is 0 Å². The molecule has 2 N–H and O–H groups in total. The third-order valence-corrected chi connectivity index (χ3v) is 3.24. The van der Waals surface area contributed by atoms with E-state index in [9.17, 15) is 26.3 Å². The topological polar surface area (TPSA) is 65.4 Å². The second-order valence-corrected chi connectivity index (χ2v) is 5.09. The number of alkyl halides is 6. The van der Waals surface area contributed by atoms with Crippen LogP contribution in [0.25, 0.3) is 17.0 Å². The zero-order chi connectivity index (χ0) is 19.7. The number of ether oxygens (including phenoxy) is 1. The van der Waals surface area contributed by atoms with E-state index in [-0.39, 0.29) is 11.2 Å². The highest BCUT2D eigenvalue weighted by Gasteiger charge is 2.35. The van der Waals surface area contributed by atoms with Crippen molar-refractivity contribution < 1.29 is 31.1 Å².